The predicted molar refractivity (Wildman–Crippen MR) is 77.0 cm³/mol. The molecule has 1 N–H and O–H groups in total. The third-order valence-electron chi connectivity index (χ3n) is 4.14. The summed E-state index contributed by atoms with van der Waals surface area (Å²) in [6, 6.07) is 5.53. The van der Waals surface area contributed by atoms with Crippen LogP contribution >= 0.6 is 15.9 Å². The van der Waals surface area contributed by atoms with Crippen LogP contribution in [0.4, 0.5) is 4.39 Å². The second kappa shape index (κ2) is 6.16. The Bertz CT molecular complexity index is 399. The molecular weight excluding hydrogens is 293 g/mol. The zero-order valence-corrected chi connectivity index (χ0v) is 12.6. The van der Waals surface area contributed by atoms with E-state index in [1.165, 1.54) is 25.7 Å². The summed E-state index contributed by atoms with van der Waals surface area (Å²) in [7, 11) is 1.93. The molecule has 0 radical (unpaired) electrons. The van der Waals surface area contributed by atoms with E-state index < -0.39 is 0 Å². The van der Waals surface area contributed by atoms with E-state index in [1.54, 1.807) is 6.07 Å². The Morgan fingerprint density at radius 2 is 1.94 bits per heavy atom. The van der Waals surface area contributed by atoms with Gasteiger partial charge in [-0.15, -0.1) is 0 Å². The van der Waals surface area contributed by atoms with Crippen LogP contribution in [0.5, 0.6) is 0 Å². The van der Waals surface area contributed by atoms with Gasteiger partial charge in [0.2, 0.25) is 0 Å². The van der Waals surface area contributed by atoms with Gasteiger partial charge in [-0.05, 0) is 43.9 Å². The summed E-state index contributed by atoms with van der Waals surface area (Å²) in [4.78, 5) is 0. The first-order valence-electron chi connectivity index (χ1n) is 6.74. The smallest absolute Gasteiger partial charge is 0.129 e. The van der Waals surface area contributed by atoms with E-state index in [9.17, 15) is 4.39 Å². The lowest BCUT2D eigenvalue weighted by Crippen LogP contribution is -2.29. The number of rotatable bonds is 3. The van der Waals surface area contributed by atoms with Gasteiger partial charge in [-0.2, -0.15) is 0 Å². The Morgan fingerprint density at radius 1 is 1.28 bits per heavy atom. The molecule has 0 aliphatic heterocycles. The average molecular weight is 314 g/mol. The molecule has 1 aliphatic rings. The lowest BCUT2D eigenvalue weighted by Gasteiger charge is -2.33. The van der Waals surface area contributed by atoms with Crippen LogP contribution in [-0.4, -0.2) is 7.05 Å². The average Bonchev–Trinajstić information content (AvgIpc) is 2.35. The van der Waals surface area contributed by atoms with Gasteiger partial charge in [-0.3, -0.25) is 0 Å². The molecule has 3 heteroatoms. The molecule has 0 heterocycles. The Labute approximate surface area is 117 Å². The second-order valence-corrected chi connectivity index (χ2v) is 6.37. The highest BCUT2D eigenvalue weighted by Gasteiger charge is 2.27. The zero-order valence-electron chi connectivity index (χ0n) is 11.0. The van der Waals surface area contributed by atoms with Crippen LogP contribution in [-0.2, 0) is 0 Å². The highest BCUT2D eigenvalue weighted by Crippen LogP contribution is 2.37. The van der Waals surface area contributed by atoms with Crippen molar-refractivity contribution >= 4 is 15.9 Å². The first-order valence-corrected chi connectivity index (χ1v) is 7.53. The second-order valence-electron chi connectivity index (χ2n) is 5.45. The van der Waals surface area contributed by atoms with E-state index in [4.69, 9.17) is 0 Å². The molecule has 2 rings (SSSR count). The van der Waals surface area contributed by atoms with E-state index in [-0.39, 0.29) is 11.9 Å². The van der Waals surface area contributed by atoms with Gasteiger partial charge in [0, 0.05) is 16.1 Å². The standard InChI is InChI=1S/C15H21BrFN/c1-10-3-5-11(6-4-10)15(18-2)13-8-7-12(16)9-14(13)17/h7-11,15,18H,3-6H2,1-2H3. The summed E-state index contributed by atoms with van der Waals surface area (Å²) >= 11 is 3.31. The summed E-state index contributed by atoms with van der Waals surface area (Å²) in [6.45, 7) is 2.31. The third-order valence-corrected chi connectivity index (χ3v) is 4.63. The fraction of sp³-hybridized carbons (Fsp3) is 0.600. The van der Waals surface area contributed by atoms with E-state index in [1.807, 2.05) is 19.2 Å². The maximum atomic E-state index is 14.0. The van der Waals surface area contributed by atoms with Crippen molar-refractivity contribution in [3.8, 4) is 0 Å². The number of hydrogen-bond donors (Lipinski definition) is 1. The molecule has 1 aromatic rings. The minimum absolute atomic E-state index is 0.109. The van der Waals surface area contributed by atoms with Crippen LogP contribution in [0.15, 0.2) is 22.7 Å². The predicted octanol–water partition coefficient (Wildman–Crippen LogP) is 4.68. The molecule has 18 heavy (non-hydrogen) atoms. The SMILES string of the molecule is CNC(c1ccc(Br)cc1F)C1CCC(C)CC1. The normalized spacial score (nSPS) is 26.0. The molecule has 1 fully saturated rings. The monoisotopic (exact) mass is 313 g/mol. The van der Waals surface area contributed by atoms with Gasteiger partial charge in [0.05, 0.1) is 0 Å². The fourth-order valence-corrected chi connectivity index (χ4v) is 3.35. The van der Waals surface area contributed by atoms with E-state index in [2.05, 4.69) is 28.2 Å². The van der Waals surface area contributed by atoms with Crippen LogP contribution in [0, 0.1) is 17.7 Å². The summed E-state index contributed by atoms with van der Waals surface area (Å²) in [6.07, 6.45) is 4.92. The molecule has 1 unspecified atom stereocenters. The van der Waals surface area contributed by atoms with Crippen molar-refractivity contribution in [1.29, 1.82) is 0 Å². The molecule has 1 saturated carbocycles. The molecule has 1 atom stereocenters. The number of benzene rings is 1. The van der Waals surface area contributed by atoms with Crippen LogP contribution in [0.3, 0.4) is 0 Å². The first-order chi connectivity index (χ1) is 8.61. The highest BCUT2D eigenvalue weighted by atomic mass is 79.9. The molecule has 1 nitrogen and oxygen atoms in total. The first kappa shape index (κ1) is 14.0. The van der Waals surface area contributed by atoms with Crippen LogP contribution < -0.4 is 5.32 Å². The van der Waals surface area contributed by atoms with E-state index in [0.717, 1.165) is 16.0 Å². The minimum atomic E-state index is -0.109. The van der Waals surface area contributed by atoms with Gasteiger partial charge in [-0.1, -0.05) is 41.8 Å². The number of nitrogens with one attached hydrogen (secondary N) is 1. The molecule has 0 bridgehead atoms. The highest BCUT2D eigenvalue weighted by molar-refractivity contribution is 9.10. The molecule has 100 valence electrons. The quantitative estimate of drug-likeness (QED) is 0.854. The van der Waals surface area contributed by atoms with Gasteiger partial charge < -0.3 is 5.32 Å². The van der Waals surface area contributed by atoms with Crippen molar-refractivity contribution in [1.82, 2.24) is 5.32 Å². The Kier molecular flexibility index (Phi) is 4.79. The van der Waals surface area contributed by atoms with E-state index in [0.29, 0.717) is 5.92 Å². The van der Waals surface area contributed by atoms with Gasteiger partial charge >= 0.3 is 0 Å². The van der Waals surface area contributed by atoms with Crippen molar-refractivity contribution in [2.24, 2.45) is 11.8 Å². The number of halogens is 2. The lowest BCUT2D eigenvalue weighted by molar-refractivity contribution is 0.235. The Morgan fingerprint density at radius 3 is 2.50 bits per heavy atom. The summed E-state index contributed by atoms with van der Waals surface area (Å²) < 4.78 is 14.9. The van der Waals surface area contributed by atoms with Gasteiger partial charge in [0.1, 0.15) is 5.82 Å². The van der Waals surface area contributed by atoms with Crippen molar-refractivity contribution < 1.29 is 4.39 Å². The maximum absolute atomic E-state index is 14.0. The van der Waals surface area contributed by atoms with Crippen molar-refractivity contribution in [2.45, 2.75) is 38.6 Å². The summed E-state index contributed by atoms with van der Waals surface area (Å²) in [5.41, 5.74) is 0.806. The molecule has 0 aromatic heterocycles. The maximum Gasteiger partial charge on any atom is 0.129 e. The topological polar surface area (TPSA) is 12.0 Å². The molecule has 1 aromatic carbocycles. The van der Waals surface area contributed by atoms with Crippen LogP contribution in [0.1, 0.15) is 44.2 Å². The summed E-state index contributed by atoms with van der Waals surface area (Å²) in [5.74, 6) is 1.28. The van der Waals surface area contributed by atoms with Gasteiger partial charge in [-0.25, -0.2) is 4.39 Å². The van der Waals surface area contributed by atoms with Crippen LogP contribution in [0.25, 0.3) is 0 Å². The largest absolute Gasteiger partial charge is 0.313 e. The lowest BCUT2D eigenvalue weighted by atomic mass is 9.77. The fourth-order valence-electron chi connectivity index (χ4n) is 3.02. The Balaban J connectivity index is 2.17. The molecule has 0 amide bonds. The van der Waals surface area contributed by atoms with E-state index >= 15 is 0 Å². The molecule has 0 spiro atoms. The molecular formula is C15H21BrFN. The van der Waals surface area contributed by atoms with Gasteiger partial charge in [0.25, 0.3) is 0 Å². The van der Waals surface area contributed by atoms with Crippen LogP contribution in [0.2, 0.25) is 0 Å². The Hall–Kier alpha value is -0.410. The number of hydrogen-bond acceptors (Lipinski definition) is 1. The zero-order chi connectivity index (χ0) is 13.1. The molecule has 0 saturated heterocycles. The molecule has 1 aliphatic carbocycles. The van der Waals surface area contributed by atoms with Crippen molar-refractivity contribution in [3.63, 3.8) is 0 Å². The third kappa shape index (κ3) is 3.12. The van der Waals surface area contributed by atoms with Gasteiger partial charge in [0.15, 0.2) is 0 Å². The summed E-state index contributed by atoms with van der Waals surface area (Å²) in [5, 5.41) is 3.31. The minimum Gasteiger partial charge on any atom is -0.313 e. The van der Waals surface area contributed by atoms with Crippen molar-refractivity contribution in [3.05, 3.63) is 34.1 Å². The van der Waals surface area contributed by atoms with Crippen molar-refractivity contribution in [2.75, 3.05) is 7.05 Å².